The van der Waals surface area contributed by atoms with Crippen LogP contribution in [0.4, 0.5) is 0 Å². The van der Waals surface area contributed by atoms with Crippen LogP contribution in [0.5, 0.6) is 0 Å². The van der Waals surface area contributed by atoms with Crippen LogP contribution in [-0.4, -0.2) is 36.1 Å². The Bertz CT molecular complexity index is 249. The van der Waals surface area contributed by atoms with Crippen LogP contribution in [0.2, 0.25) is 0 Å². The summed E-state index contributed by atoms with van der Waals surface area (Å²) >= 11 is 0. The van der Waals surface area contributed by atoms with E-state index in [-0.39, 0.29) is 0 Å². The molecule has 0 radical (unpaired) electrons. The zero-order valence-corrected chi connectivity index (χ0v) is 12.1. The van der Waals surface area contributed by atoms with Gasteiger partial charge in [0, 0.05) is 31.2 Å². The van der Waals surface area contributed by atoms with Gasteiger partial charge in [-0.1, -0.05) is 34.1 Å². The number of nitrogens with zero attached hydrogens (tertiary/aromatic N) is 1. The summed E-state index contributed by atoms with van der Waals surface area (Å²) in [7, 11) is 0. The Labute approximate surface area is 107 Å². The Kier molecular flexibility index (Phi) is 4.14. The fourth-order valence-electron chi connectivity index (χ4n) is 3.85. The topological polar surface area (TPSA) is 15.3 Å². The molecule has 0 aromatic rings. The predicted octanol–water partition coefficient (Wildman–Crippen LogP) is 3.03. The van der Waals surface area contributed by atoms with Crippen molar-refractivity contribution in [2.45, 2.75) is 77.9 Å². The van der Waals surface area contributed by atoms with Crippen molar-refractivity contribution >= 4 is 0 Å². The van der Waals surface area contributed by atoms with Crippen molar-refractivity contribution < 1.29 is 0 Å². The number of hydrogen-bond acceptors (Lipinski definition) is 2. The van der Waals surface area contributed by atoms with Crippen LogP contribution >= 0.6 is 0 Å². The van der Waals surface area contributed by atoms with Gasteiger partial charge in [-0.15, -0.1) is 0 Å². The van der Waals surface area contributed by atoms with Crippen molar-refractivity contribution in [3.05, 3.63) is 0 Å². The van der Waals surface area contributed by atoms with E-state index in [2.05, 4.69) is 37.9 Å². The van der Waals surface area contributed by atoms with Crippen molar-refractivity contribution in [2.75, 3.05) is 13.1 Å². The third-order valence-electron chi connectivity index (χ3n) is 5.11. The largest absolute Gasteiger partial charge is 0.311 e. The lowest BCUT2D eigenvalue weighted by molar-refractivity contribution is 0.0329. The van der Waals surface area contributed by atoms with E-state index in [1.165, 1.54) is 45.2 Å². The molecule has 1 N–H and O–H groups in total. The first-order chi connectivity index (χ1) is 8.08. The van der Waals surface area contributed by atoms with E-state index in [0.717, 1.165) is 12.1 Å². The van der Waals surface area contributed by atoms with Gasteiger partial charge in [0.2, 0.25) is 0 Å². The van der Waals surface area contributed by atoms with E-state index in [1.54, 1.807) is 0 Å². The highest BCUT2D eigenvalue weighted by Gasteiger charge is 2.42. The molecular weight excluding hydrogens is 208 g/mol. The molecule has 0 spiro atoms. The fraction of sp³-hybridized carbons (Fsp3) is 1.00. The Morgan fingerprint density at radius 2 is 2.00 bits per heavy atom. The number of piperazine rings is 1. The van der Waals surface area contributed by atoms with Crippen LogP contribution < -0.4 is 5.32 Å². The highest BCUT2D eigenvalue weighted by molar-refractivity contribution is 4.97. The summed E-state index contributed by atoms with van der Waals surface area (Å²) in [5.74, 6) is 0. The summed E-state index contributed by atoms with van der Waals surface area (Å²) < 4.78 is 0. The molecule has 2 rings (SSSR count). The molecule has 0 aromatic heterocycles. The van der Waals surface area contributed by atoms with Crippen LogP contribution in [0.15, 0.2) is 0 Å². The van der Waals surface area contributed by atoms with Crippen LogP contribution in [0.3, 0.4) is 0 Å². The maximum absolute atomic E-state index is 3.71. The van der Waals surface area contributed by atoms with Gasteiger partial charge in [-0.05, 0) is 31.1 Å². The average Bonchev–Trinajstić information content (AvgIpc) is 2.68. The van der Waals surface area contributed by atoms with Crippen LogP contribution in [0, 0.1) is 5.41 Å². The lowest BCUT2D eigenvalue weighted by Crippen LogP contribution is -2.60. The van der Waals surface area contributed by atoms with Gasteiger partial charge in [-0.2, -0.15) is 0 Å². The quantitative estimate of drug-likeness (QED) is 0.813. The minimum atomic E-state index is 0.531. The third kappa shape index (κ3) is 2.68. The Morgan fingerprint density at radius 1 is 1.24 bits per heavy atom. The highest BCUT2D eigenvalue weighted by atomic mass is 15.3. The Morgan fingerprint density at radius 3 is 2.53 bits per heavy atom. The number of hydrogen-bond donors (Lipinski definition) is 1. The maximum Gasteiger partial charge on any atom is 0.0221 e. The van der Waals surface area contributed by atoms with Gasteiger partial charge in [-0.25, -0.2) is 0 Å². The first kappa shape index (κ1) is 13.4. The normalized spacial score (nSPS) is 38.5. The summed E-state index contributed by atoms with van der Waals surface area (Å²) in [6.45, 7) is 12.1. The van der Waals surface area contributed by atoms with Crippen molar-refractivity contribution in [1.82, 2.24) is 10.2 Å². The lowest BCUT2D eigenvalue weighted by Gasteiger charge is -2.47. The first-order valence-corrected chi connectivity index (χ1v) is 7.57. The maximum atomic E-state index is 3.71. The van der Waals surface area contributed by atoms with Crippen LogP contribution in [0.25, 0.3) is 0 Å². The average molecular weight is 238 g/mol. The molecule has 2 fully saturated rings. The molecule has 0 aromatic carbocycles. The molecule has 1 heterocycles. The number of nitrogens with one attached hydrogen (secondary N) is 1. The van der Waals surface area contributed by atoms with Crippen LogP contribution in [-0.2, 0) is 0 Å². The second-order valence-corrected chi connectivity index (χ2v) is 6.67. The highest BCUT2D eigenvalue weighted by Crippen LogP contribution is 2.42. The third-order valence-corrected chi connectivity index (χ3v) is 5.11. The molecule has 1 aliphatic heterocycles. The van der Waals surface area contributed by atoms with Gasteiger partial charge in [0.05, 0.1) is 0 Å². The van der Waals surface area contributed by atoms with Crippen molar-refractivity contribution in [2.24, 2.45) is 5.41 Å². The Balaban J connectivity index is 2.09. The monoisotopic (exact) mass is 238 g/mol. The van der Waals surface area contributed by atoms with E-state index in [1.807, 2.05) is 0 Å². The molecule has 2 aliphatic rings. The molecule has 1 aliphatic carbocycles. The van der Waals surface area contributed by atoms with E-state index in [4.69, 9.17) is 0 Å². The van der Waals surface area contributed by atoms with E-state index < -0.39 is 0 Å². The van der Waals surface area contributed by atoms with Crippen molar-refractivity contribution in [1.29, 1.82) is 0 Å². The molecule has 0 bridgehead atoms. The minimum absolute atomic E-state index is 0.531. The summed E-state index contributed by atoms with van der Waals surface area (Å²) in [5, 5.41) is 3.71. The summed E-state index contributed by atoms with van der Waals surface area (Å²) in [6, 6.07) is 2.30. The van der Waals surface area contributed by atoms with Gasteiger partial charge in [0.1, 0.15) is 0 Å². The minimum Gasteiger partial charge on any atom is -0.311 e. The molecule has 1 saturated heterocycles. The zero-order chi connectivity index (χ0) is 12.5. The van der Waals surface area contributed by atoms with Gasteiger partial charge in [0.25, 0.3) is 0 Å². The van der Waals surface area contributed by atoms with Crippen LogP contribution in [0.1, 0.15) is 59.8 Å². The molecule has 17 heavy (non-hydrogen) atoms. The molecule has 100 valence electrons. The smallest absolute Gasteiger partial charge is 0.0221 e. The van der Waals surface area contributed by atoms with E-state index in [0.29, 0.717) is 11.5 Å². The molecule has 2 heteroatoms. The van der Waals surface area contributed by atoms with Crippen molar-refractivity contribution in [3.8, 4) is 0 Å². The van der Waals surface area contributed by atoms with Gasteiger partial charge in [-0.3, -0.25) is 4.90 Å². The number of rotatable bonds is 3. The van der Waals surface area contributed by atoms with Crippen molar-refractivity contribution in [3.63, 3.8) is 0 Å². The summed E-state index contributed by atoms with van der Waals surface area (Å²) in [5.41, 5.74) is 0.531. The van der Waals surface area contributed by atoms with E-state index in [9.17, 15) is 0 Å². The fourth-order valence-corrected chi connectivity index (χ4v) is 3.85. The molecule has 2 nitrogen and oxygen atoms in total. The second-order valence-electron chi connectivity index (χ2n) is 6.67. The predicted molar refractivity (Wildman–Crippen MR) is 74.3 cm³/mol. The SMILES string of the molecule is CCC1CN(C2CCCC2(C)C)C(CC)CN1. The first-order valence-electron chi connectivity index (χ1n) is 7.57. The molecule has 0 amide bonds. The zero-order valence-electron chi connectivity index (χ0n) is 12.1. The molecule has 3 atom stereocenters. The Hall–Kier alpha value is -0.0800. The summed E-state index contributed by atoms with van der Waals surface area (Å²) in [4.78, 5) is 2.84. The lowest BCUT2D eigenvalue weighted by atomic mass is 9.84. The molecular formula is C15H30N2. The van der Waals surface area contributed by atoms with Gasteiger partial charge >= 0.3 is 0 Å². The molecule has 1 saturated carbocycles. The van der Waals surface area contributed by atoms with Gasteiger partial charge < -0.3 is 5.32 Å². The van der Waals surface area contributed by atoms with Gasteiger partial charge in [0.15, 0.2) is 0 Å². The standard InChI is InChI=1S/C15H30N2/c1-5-12-11-17(13(6-2)10-16-12)14-8-7-9-15(14,3)4/h12-14,16H,5-11H2,1-4H3. The molecule has 3 unspecified atom stereocenters. The second kappa shape index (κ2) is 5.27. The summed E-state index contributed by atoms with van der Waals surface area (Å²) in [6.07, 6.45) is 6.81. The van der Waals surface area contributed by atoms with E-state index >= 15 is 0 Å².